The Bertz CT molecular complexity index is 410. The van der Waals surface area contributed by atoms with Gasteiger partial charge in [-0.3, -0.25) is 4.79 Å². The second-order valence-electron chi connectivity index (χ2n) is 3.73. The second kappa shape index (κ2) is 5.94. The Labute approximate surface area is 96.0 Å². The van der Waals surface area contributed by atoms with Crippen LogP contribution in [0.2, 0.25) is 0 Å². The van der Waals surface area contributed by atoms with Gasteiger partial charge in [0.2, 0.25) is 5.91 Å². The Kier molecular flexibility index (Phi) is 4.56. The summed E-state index contributed by atoms with van der Waals surface area (Å²) in [6.45, 7) is 4.07. The van der Waals surface area contributed by atoms with Gasteiger partial charge in [0.15, 0.2) is 0 Å². The summed E-state index contributed by atoms with van der Waals surface area (Å²) in [5, 5.41) is 2.81. The third-order valence-electron chi connectivity index (χ3n) is 2.01. The van der Waals surface area contributed by atoms with Crippen molar-refractivity contribution in [2.24, 2.45) is 11.7 Å². The number of benzene rings is 1. The third kappa shape index (κ3) is 3.76. The third-order valence-corrected chi connectivity index (χ3v) is 2.01. The maximum atomic E-state index is 11.4. The molecule has 0 aliphatic rings. The molecule has 0 aromatic heterocycles. The quantitative estimate of drug-likeness (QED) is 0.738. The Balaban J connectivity index is 2.68. The number of hydrogen-bond acceptors (Lipinski definition) is 2. The van der Waals surface area contributed by atoms with Crippen LogP contribution in [0.25, 0.3) is 0 Å². The molecule has 0 atom stereocenters. The van der Waals surface area contributed by atoms with E-state index in [4.69, 9.17) is 5.73 Å². The van der Waals surface area contributed by atoms with Gasteiger partial charge in [-0.2, -0.15) is 0 Å². The minimum absolute atomic E-state index is 0.0146. The molecular weight excluding hydrogens is 200 g/mol. The van der Waals surface area contributed by atoms with E-state index in [0.29, 0.717) is 6.54 Å². The summed E-state index contributed by atoms with van der Waals surface area (Å²) in [7, 11) is 0. The van der Waals surface area contributed by atoms with E-state index in [1.807, 2.05) is 38.1 Å². The van der Waals surface area contributed by atoms with Gasteiger partial charge in [-0.05, 0) is 24.3 Å². The van der Waals surface area contributed by atoms with E-state index < -0.39 is 0 Å². The SMILES string of the molecule is CC(C)C(=O)Nc1ccc(C#CCN)cc1. The van der Waals surface area contributed by atoms with Crippen LogP contribution in [0.5, 0.6) is 0 Å². The van der Waals surface area contributed by atoms with E-state index in [2.05, 4.69) is 17.2 Å². The molecule has 84 valence electrons. The van der Waals surface area contributed by atoms with Crippen LogP contribution in [0.1, 0.15) is 19.4 Å². The van der Waals surface area contributed by atoms with E-state index in [-0.39, 0.29) is 11.8 Å². The fourth-order valence-corrected chi connectivity index (χ4v) is 1.08. The number of hydrogen-bond donors (Lipinski definition) is 2. The van der Waals surface area contributed by atoms with Gasteiger partial charge in [0.25, 0.3) is 0 Å². The van der Waals surface area contributed by atoms with Crippen LogP contribution in [0, 0.1) is 17.8 Å². The molecule has 0 bridgehead atoms. The molecule has 0 radical (unpaired) electrons. The Morgan fingerprint density at radius 3 is 2.50 bits per heavy atom. The molecular formula is C13H16N2O. The number of nitrogens with one attached hydrogen (secondary N) is 1. The summed E-state index contributed by atoms with van der Waals surface area (Å²) in [5.74, 6) is 5.69. The first-order valence-corrected chi connectivity index (χ1v) is 5.23. The van der Waals surface area contributed by atoms with Crippen molar-refractivity contribution in [3.05, 3.63) is 29.8 Å². The highest BCUT2D eigenvalue weighted by Gasteiger charge is 2.06. The monoisotopic (exact) mass is 216 g/mol. The zero-order chi connectivity index (χ0) is 12.0. The van der Waals surface area contributed by atoms with E-state index >= 15 is 0 Å². The second-order valence-corrected chi connectivity index (χ2v) is 3.73. The highest BCUT2D eigenvalue weighted by atomic mass is 16.1. The molecule has 3 N–H and O–H groups in total. The van der Waals surface area contributed by atoms with Crippen molar-refractivity contribution < 1.29 is 4.79 Å². The molecule has 1 aromatic rings. The number of nitrogens with two attached hydrogens (primary N) is 1. The predicted molar refractivity (Wildman–Crippen MR) is 65.8 cm³/mol. The molecule has 0 unspecified atom stereocenters. The highest BCUT2D eigenvalue weighted by Crippen LogP contribution is 2.10. The van der Waals surface area contributed by atoms with Crippen molar-refractivity contribution in [3.63, 3.8) is 0 Å². The standard InChI is InChI=1S/C13H16N2O/c1-10(2)13(16)15-12-7-5-11(6-8-12)4-3-9-14/h5-8,10H,9,14H2,1-2H3,(H,15,16). The Morgan fingerprint density at radius 1 is 1.38 bits per heavy atom. The first-order chi connectivity index (χ1) is 7.63. The summed E-state index contributed by atoms with van der Waals surface area (Å²) < 4.78 is 0. The molecule has 16 heavy (non-hydrogen) atoms. The molecule has 3 nitrogen and oxygen atoms in total. The minimum atomic E-state index is -0.0169. The number of carbonyl (C=O) groups is 1. The first kappa shape index (κ1) is 12.3. The van der Waals surface area contributed by atoms with Crippen molar-refractivity contribution >= 4 is 11.6 Å². The van der Waals surface area contributed by atoms with E-state index in [1.54, 1.807) is 0 Å². The summed E-state index contributed by atoms with van der Waals surface area (Å²) >= 11 is 0. The topological polar surface area (TPSA) is 55.1 Å². The fourth-order valence-electron chi connectivity index (χ4n) is 1.08. The Morgan fingerprint density at radius 2 is 2.00 bits per heavy atom. The minimum Gasteiger partial charge on any atom is -0.326 e. The van der Waals surface area contributed by atoms with Gasteiger partial charge in [-0.15, -0.1) is 0 Å². The molecule has 1 aromatic carbocycles. The number of rotatable bonds is 2. The lowest BCUT2D eigenvalue weighted by molar-refractivity contribution is -0.118. The van der Waals surface area contributed by atoms with Crippen LogP contribution in [0.3, 0.4) is 0 Å². The lowest BCUT2D eigenvalue weighted by Crippen LogP contribution is -2.17. The smallest absolute Gasteiger partial charge is 0.226 e. The zero-order valence-electron chi connectivity index (χ0n) is 9.58. The lowest BCUT2D eigenvalue weighted by Gasteiger charge is -2.07. The maximum absolute atomic E-state index is 11.4. The molecule has 0 fully saturated rings. The largest absolute Gasteiger partial charge is 0.326 e. The summed E-state index contributed by atoms with van der Waals surface area (Å²) in [5.41, 5.74) is 6.96. The van der Waals surface area contributed by atoms with Crippen molar-refractivity contribution in [2.45, 2.75) is 13.8 Å². The van der Waals surface area contributed by atoms with E-state index in [1.165, 1.54) is 0 Å². The lowest BCUT2D eigenvalue weighted by atomic mass is 10.2. The van der Waals surface area contributed by atoms with Gasteiger partial charge in [0, 0.05) is 17.2 Å². The number of amides is 1. The molecule has 0 aliphatic heterocycles. The van der Waals surface area contributed by atoms with Crippen LogP contribution in [0.15, 0.2) is 24.3 Å². The average Bonchev–Trinajstić information content (AvgIpc) is 2.28. The zero-order valence-corrected chi connectivity index (χ0v) is 9.58. The first-order valence-electron chi connectivity index (χ1n) is 5.23. The Hall–Kier alpha value is -1.79. The van der Waals surface area contributed by atoms with Gasteiger partial charge < -0.3 is 11.1 Å². The van der Waals surface area contributed by atoms with Crippen LogP contribution < -0.4 is 11.1 Å². The van der Waals surface area contributed by atoms with Crippen molar-refractivity contribution in [3.8, 4) is 11.8 Å². The van der Waals surface area contributed by atoms with Crippen molar-refractivity contribution in [1.29, 1.82) is 0 Å². The van der Waals surface area contributed by atoms with Crippen molar-refractivity contribution in [1.82, 2.24) is 0 Å². The van der Waals surface area contributed by atoms with E-state index in [0.717, 1.165) is 11.3 Å². The van der Waals surface area contributed by atoms with Crippen LogP contribution >= 0.6 is 0 Å². The van der Waals surface area contributed by atoms with Gasteiger partial charge in [0.05, 0.1) is 6.54 Å². The van der Waals surface area contributed by atoms with Crippen LogP contribution in [-0.2, 0) is 4.79 Å². The van der Waals surface area contributed by atoms with Crippen molar-refractivity contribution in [2.75, 3.05) is 11.9 Å². The number of anilines is 1. The average molecular weight is 216 g/mol. The molecule has 1 amide bonds. The normalized spacial score (nSPS) is 9.50. The van der Waals surface area contributed by atoms with Gasteiger partial charge in [-0.25, -0.2) is 0 Å². The molecule has 0 spiro atoms. The predicted octanol–water partition coefficient (Wildman–Crippen LogP) is 1.59. The van der Waals surface area contributed by atoms with E-state index in [9.17, 15) is 4.79 Å². The van der Waals surface area contributed by atoms with Crippen LogP contribution in [-0.4, -0.2) is 12.5 Å². The summed E-state index contributed by atoms with van der Waals surface area (Å²) in [6, 6.07) is 7.39. The van der Waals surface area contributed by atoms with Gasteiger partial charge in [-0.1, -0.05) is 25.7 Å². The highest BCUT2D eigenvalue weighted by molar-refractivity contribution is 5.92. The molecule has 0 saturated carbocycles. The van der Waals surface area contributed by atoms with Gasteiger partial charge >= 0.3 is 0 Å². The van der Waals surface area contributed by atoms with Gasteiger partial charge in [0.1, 0.15) is 0 Å². The molecule has 1 rings (SSSR count). The molecule has 3 heteroatoms. The summed E-state index contributed by atoms with van der Waals surface area (Å²) in [6.07, 6.45) is 0. The molecule has 0 heterocycles. The molecule has 0 aliphatic carbocycles. The number of carbonyl (C=O) groups excluding carboxylic acids is 1. The maximum Gasteiger partial charge on any atom is 0.226 e. The fraction of sp³-hybridized carbons (Fsp3) is 0.308. The summed E-state index contributed by atoms with van der Waals surface area (Å²) in [4.78, 5) is 11.4. The van der Waals surface area contributed by atoms with Crippen LogP contribution in [0.4, 0.5) is 5.69 Å². The molecule has 0 saturated heterocycles.